The van der Waals surface area contributed by atoms with Crippen LogP contribution in [0.15, 0.2) is 42.5 Å². The van der Waals surface area contributed by atoms with Crippen molar-refractivity contribution in [2.75, 3.05) is 7.05 Å². The molecule has 0 saturated heterocycles. The first kappa shape index (κ1) is 17.2. The summed E-state index contributed by atoms with van der Waals surface area (Å²) in [5.41, 5.74) is 3.17. The van der Waals surface area contributed by atoms with E-state index in [1.165, 1.54) is 5.56 Å². The van der Waals surface area contributed by atoms with Crippen molar-refractivity contribution < 1.29 is 14.5 Å². The van der Waals surface area contributed by atoms with E-state index in [1.807, 2.05) is 25.2 Å². The molecular weight excluding hydrogens is 296 g/mol. The average molecular weight is 318 g/mol. The normalized spacial score (nSPS) is 10.8. The second kappa shape index (κ2) is 8.47. The van der Waals surface area contributed by atoms with Crippen molar-refractivity contribution in [2.45, 2.75) is 19.7 Å². The minimum absolute atomic E-state index is 0.406. The van der Waals surface area contributed by atoms with Gasteiger partial charge in [0.1, 0.15) is 0 Å². The highest BCUT2D eigenvalue weighted by molar-refractivity contribution is 5.40. The van der Waals surface area contributed by atoms with Crippen LogP contribution in [0.25, 0.3) is 0 Å². The Morgan fingerprint density at radius 2 is 1.57 bits per heavy atom. The Balaban J connectivity index is 2.00. The lowest BCUT2D eigenvalue weighted by Gasteiger charge is -2.18. The Morgan fingerprint density at radius 1 is 0.870 bits per heavy atom. The molecule has 0 amide bonds. The highest BCUT2D eigenvalue weighted by Crippen LogP contribution is 2.25. The number of benzene rings is 2. The third-order valence-corrected chi connectivity index (χ3v) is 3.47. The minimum Gasteiger partial charge on any atom is -0.411 e. The first-order valence-electron chi connectivity index (χ1n) is 7.10. The quantitative estimate of drug-likeness (QED) is 0.628. The summed E-state index contributed by atoms with van der Waals surface area (Å²) >= 11 is 0. The highest BCUT2D eigenvalue weighted by atomic mass is 16.6. The van der Waals surface area contributed by atoms with E-state index in [0.717, 1.165) is 17.7 Å². The number of hydrogen-bond donors (Lipinski definition) is 3. The molecule has 0 aliphatic carbocycles. The molecule has 6 N–H and O–H groups in total. The zero-order valence-electron chi connectivity index (χ0n) is 13.1. The third kappa shape index (κ3) is 4.92. The fourth-order valence-corrected chi connectivity index (χ4v) is 2.34. The maximum atomic E-state index is 5.31. The number of rotatable bonds is 8. The van der Waals surface area contributed by atoms with Crippen LogP contribution < -0.4 is 27.4 Å². The van der Waals surface area contributed by atoms with Crippen molar-refractivity contribution in [3.05, 3.63) is 59.2 Å². The van der Waals surface area contributed by atoms with Gasteiger partial charge >= 0.3 is 0 Å². The topological polar surface area (TPSA) is 109 Å². The molecule has 124 valence electrons. The van der Waals surface area contributed by atoms with Crippen LogP contribution in [0.3, 0.4) is 0 Å². The first-order chi connectivity index (χ1) is 11.2. The van der Waals surface area contributed by atoms with Crippen LogP contribution in [0.5, 0.6) is 11.5 Å². The van der Waals surface area contributed by atoms with Gasteiger partial charge in [-0.1, -0.05) is 30.3 Å². The minimum atomic E-state index is 0.406. The van der Waals surface area contributed by atoms with Crippen LogP contribution in [-0.2, 0) is 24.5 Å². The summed E-state index contributed by atoms with van der Waals surface area (Å²) in [5.74, 6) is 16.5. The summed E-state index contributed by atoms with van der Waals surface area (Å²) in [4.78, 5) is 16.3. The van der Waals surface area contributed by atoms with Gasteiger partial charge in [0.2, 0.25) is 0 Å². The monoisotopic (exact) mass is 318 g/mol. The largest absolute Gasteiger partial charge is 0.411 e. The van der Waals surface area contributed by atoms with Crippen LogP contribution in [0.1, 0.15) is 16.7 Å². The van der Waals surface area contributed by atoms with Gasteiger partial charge in [0, 0.05) is 24.7 Å². The molecule has 0 fully saturated rings. The van der Waals surface area contributed by atoms with Crippen molar-refractivity contribution in [1.82, 2.24) is 4.90 Å². The molecule has 0 atom stereocenters. The SMILES string of the molecule is CN(Cc1ccc(CON)cc1)Cc1ccc(ON)cc1ON. The van der Waals surface area contributed by atoms with E-state index in [0.29, 0.717) is 24.7 Å². The van der Waals surface area contributed by atoms with Gasteiger partial charge in [-0.05, 0) is 24.2 Å². The van der Waals surface area contributed by atoms with Gasteiger partial charge in [-0.2, -0.15) is 11.8 Å². The molecule has 23 heavy (non-hydrogen) atoms. The van der Waals surface area contributed by atoms with E-state index in [1.54, 1.807) is 12.1 Å². The Hall–Kier alpha value is -2.16. The molecule has 0 aliphatic heterocycles. The standard InChI is InChI=1S/C16H22N4O3/c1-20(9-12-2-4-13(5-3-12)11-21-17)10-14-6-7-15(22-18)8-16(14)23-19/h2-8H,9-11,17-19H2,1H3. The molecule has 0 bridgehead atoms. The second-order valence-electron chi connectivity index (χ2n) is 5.31. The molecular formula is C16H22N4O3. The smallest absolute Gasteiger partial charge is 0.155 e. The van der Waals surface area contributed by atoms with Crippen molar-refractivity contribution in [2.24, 2.45) is 17.7 Å². The first-order valence-corrected chi connectivity index (χ1v) is 7.10. The van der Waals surface area contributed by atoms with Crippen LogP contribution in [0, 0.1) is 0 Å². The molecule has 0 saturated carbocycles. The lowest BCUT2D eigenvalue weighted by atomic mass is 10.1. The predicted octanol–water partition coefficient (Wildman–Crippen LogP) is 1.21. The van der Waals surface area contributed by atoms with E-state index < -0.39 is 0 Å². The van der Waals surface area contributed by atoms with E-state index >= 15 is 0 Å². The number of nitrogens with two attached hydrogens (primary N) is 3. The van der Waals surface area contributed by atoms with Gasteiger partial charge < -0.3 is 9.68 Å². The van der Waals surface area contributed by atoms with Crippen molar-refractivity contribution in [3.8, 4) is 11.5 Å². The van der Waals surface area contributed by atoms with Gasteiger partial charge in [-0.25, -0.2) is 5.90 Å². The maximum Gasteiger partial charge on any atom is 0.155 e. The Bertz CT molecular complexity index is 619. The van der Waals surface area contributed by atoms with E-state index in [2.05, 4.69) is 26.7 Å². The van der Waals surface area contributed by atoms with Gasteiger partial charge in [-0.15, -0.1) is 0 Å². The zero-order chi connectivity index (χ0) is 16.7. The van der Waals surface area contributed by atoms with Crippen molar-refractivity contribution in [1.29, 1.82) is 0 Å². The van der Waals surface area contributed by atoms with Gasteiger partial charge in [0.05, 0.1) is 6.61 Å². The Labute approximate surface area is 135 Å². The highest BCUT2D eigenvalue weighted by Gasteiger charge is 2.09. The van der Waals surface area contributed by atoms with E-state index in [-0.39, 0.29) is 0 Å². The van der Waals surface area contributed by atoms with E-state index in [4.69, 9.17) is 22.5 Å². The lowest BCUT2D eigenvalue weighted by Crippen LogP contribution is -2.18. The van der Waals surface area contributed by atoms with Gasteiger partial charge in [0.15, 0.2) is 11.5 Å². The summed E-state index contributed by atoms with van der Waals surface area (Å²) in [7, 11) is 2.02. The molecule has 0 spiro atoms. The zero-order valence-corrected chi connectivity index (χ0v) is 13.1. The van der Waals surface area contributed by atoms with Crippen LogP contribution in [-0.4, -0.2) is 11.9 Å². The molecule has 0 aliphatic rings. The van der Waals surface area contributed by atoms with E-state index in [9.17, 15) is 0 Å². The maximum absolute atomic E-state index is 5.31. The van der Waals surface area contributed by atoms with Gasteiger partial charge in [0.25, 0.3) is 0 Å². The second-order valence-corrected chi connectivity index (χ2v) is 5.31. The van der Waals surface area contributed by atoms with Crippen molar-refractivity contribution in [3.63, 3.8) is 0 Å². The van der Waals surface area contributed by atoms with Crippen molar-refractivity contribution >= 4 is 0 Å². The third-order valence-electron chi connectivity index (χ3n) is 3.47. The number of nitrogens with zero attached hydrogens (tertiary/aromatic N) is 1. The lowest BCUT2D eigenvalue weighted by molar-refractivity contribution is 0.124. The molecule has 2 aromatic rings. The summed E-state index contributed by atoms with van der Waals surface area (Å²) in [6.07, 6.45) is 0. The summed E-state index contributed by atoms with van der Waals surface area (Å²) in [6, 6.07) is 13.4. The fraction of sp³-hybridized carbons (Fsp3) is 0.250. The van der Waals surface area contributed by atoms with Crippen LogP contribution >= 0.6 is 0 Å². The molecule has 7 nitrogen and oxygen atoms in total. The molecule has 0 aromatic heterocycles. The number of hydrogen-bond acceptors (Lipinski definition) is 7. The fourth-order valence-electron chi connectivity index (χ4n) is 2.34. The summed E-state index contributed by atoms with van der Waals surface area (Å²) < 4.78 is 0. The molecule has 7 heteroatoms. The summed E-state index contributed by atoms with van der Waals surface area (Å²) in [5, 5.41) is 0. The molecule has 0 radical (unpaired) electrons. The Morgan fingerprint density at radius 3 is 2.17 bits per heavy atom. The molecule has 2 rings (SSSR count). The van der Waals surface area contributed by atoms with Gasteiger partial charge in [-0.3, -0.25) is 9.74 Å². The predicted molar refractivity (Wildman–Crippen MR) is 86.7 cm³/mol. The van der Waals surface area contributed by atoms with Crippen LogP contribution in [0.2, 0.25) is 0 Å². The average Bonchev–Trinajstić information content (AvgIpc) is 2.57. The molecule has 0 heterocycles. The van der Waals surface area contributed by atoms with Crippen LogP contribution in [0.4, 0.5) is 0 Å². The molecule has 2 aromatic carbocycles. The molecule has 0 unspecified atom stereocenters. The summed E-state index contributed by atoms with van der Waals surface area (Å²) in [6.45, 7) is 1.86. The Kier molecular flexibility index (Phi) is 6.33.